The van der Waals surface area contributed by atoms with Crippen LogP contribution in [0.5, 0.6) is 0 Å². The van der Waals surface area contributed by atoms with Crippen LogP contribution < -0.4 is 5.32 Å². The molecule has 0 saturated carbocycles. The second-order valence-electron chi connectivity index (χ2n) is 3.88. The number of nitrogens with one attached hydrogen (secondary N) is 1. The molecule has 0 aromatic carbocycles. The predicted molar refractivity (Wildman–Crippen MR) is 72.4 cm³/mol. The molecule has 0 unspecified atom stereocenters. The average Bonchev–Trinajstić information content (AvgIpc) is 2.78. The van der Waals surface area contributed by atoms with Gasteiger partial charge in [0.05, 0.1) is 6.04 Å². The van der Waals surface area contributed by atoms with Gasteiger partial charge < -0.3 is 5.32 Å². The largest absolute Gasteiger partial charge is 0.308 e. The molecule has 0 aliphatic heterocycles. The zero-order valence-corrected chi connectivity index (χ0v) is 11.1. The van der Waals surface area contributed by atoms with E-state index in [1.165, 1.54) is 0 Å². The first-order chi connectivity index (χ1) is 8.36. The van der Waals surface area contributed by atoms with Crippen molar-refractivity contribution in [3.8, 4) is 0 Å². The Balaban J connectivity index is 2.27. The Kier molecular flexibility index (Phi) is 4.39. The van der Waals surface area contributed by atoms with E-state index < -0.39 is 0 Å². The molecule has 4 nitrogen and oxygen atoms in total. The summed E-state index contributed by atoms with van der Waals surface area (Å²) >= 11 is 1.86. The lowest BCUT2D eigenvalue weighted by molar-refractivity contribution is 0.509. The predicted octanol–water partition coefficient (Wildman–Crippen LogP) is 2.13. The Hall–Kier alpha value is -1.07. The minimum Gasteiger partial charge on any atom is -0.308 e. The maximum absolute atomic E-state index is 4.31. The monoisotopic (exact) mass is 250 g/mol. The summed E-state index contributed by atoms with van der Waals surface area (Å²) in [6, 6.07) is 6.26. The van der Waals surface area contributed by atoms with Crippen molar-refractivity contribution in [3.63, 3.8) is 0 Å². The van der Waals surface area contributed by atoms with E-state index in [0.29, 0.717) is 0 Å². The van der Waals surface area contributed by atoms with Gasteiger partial charge in [-0.1, -0.05) is 13.0 Å². The maximum Gasteiger partial charge on any atom is 0.160 e. The van der Waals surface area contributed by atoms with Crippen molar-refractivity contribution >= 4 is 17.4 Å². The summed E-state index contributed by atoms with van der Waals surface area (Å²) in [5, 5.41) is 12.0. The van der Waals surface area contributed by atoms with Crippen molar-refractivity contribution in [1.82, 2.24) is 19.9 Å². The molecule has 0 spiro atoms. The summed E-state index contributed by atoms with van der Waals surface area (Å²) in [7, 11) is 0. The number of thioether (sulfide) groups is 1. The van der Waals surface area contributed by atoms with Crippen molar-refractivity contribution in [2.75, 3.05) is 18.6 Å². The fourth-order valence-corrected chi connectivity index (χ4v) is 2.37. The molecule has 92 valence electrons. The standard InChI is InChI=1S/C12H18N4S/c1-3-13-10(7-9-17-2)12-15-14-11-6-4-5-8-16(11)12/h4-6,8,10,13H,3,7,9H2,1-2H3/t10-/m1/s1. The molecule has 1 N–H and O–H groups in total. The number of nitrogens with zero attached hydrogens (tertiary/aromatic N) is 3. The number of rotatable bonds is 6. The van der Waals surface area contributed by atoms with Crippen LogP contribution in [0.3, 0.4) is 0 Å². The first-order valence-corrected chi connectivity index (χ1v) is 7.28. The Labute approximate surface area is 106 Å². The van der Waals surface area contributed by atoms with Crippen LogP contribution in [-0.4, -0.2) is 33.2 Å². The lowest BCUT2D eigenvalue weighted by Gasteiger charge is -2.15. The van der Waals surface area contributed by atoms with Crippen molar-refractivity contribution in [2.24, 2.45) is 0 Å². The highest BCUT2D eigenvalue weighted by molar-refractivity contribution is 7.98. The van der Waals surface area contributed by atoms with Crippen LogP contribution in [0.2, 0.25) is 0 Å². The van der Waals surface area contributed by atoms with Crippen LogP contribution in [0.1, 0.15) is 25.2 Å². The maximum atomic E-state index is 4.31. The van der Waals surface area contributed by atoms with E-state index in [9.17, 15) is 0 Å². The van der Waals surface area contributed by atoms with Gasteiger partial charge in [-0.05, 0) is 37.1 Å². The molecule has 0 aliphatic carbocycles. The van der Waals surface area contributed by atoms with E-state index in [-0.39, 0.29) is 6.04 Å². The molecule has 0 saturated heterocycles. The van der Waals surface area contributed by atoms with E-state index in [1.807, 2.05) is 36.2 Å². The quantitative estimate of drug-likeness (QED) is 0.853. The van der Waals surface area contributed by atoms with Gasteiger partial charge in [-0.15, -0.1) is 10.2 Å². The van der Waals surface area contributed by atoms with E-state index in [1.54, 1.807) is 0 Å². The van der Waals surface area contributed by atoms with Crippen molar-refractivity contribution in [3.05, 3.63) is 30.2 Å². The van der Waals surface area contributed by atoms with Gasteiger partial charge in [-0.3, -0.25) is 4.40 Å². The van der Waals surface area contributed by atoms with Gasteiger partial charge in [0, 0.05) is 6.20 Å². The molecule has 2 aromatic heterocycles. The Morgan fingerprint density at radius 3 is 3.06 bits per heavy atom. The number of hydrogen-bond acceptors (Lipinski definition) is 4. The van der Waals surface area contributed by atoms with Gasteiger partial charge in [0.25, 0.3) is 0 Å². The summed E-state index contributed by atoms with van der Waals surface area (Å²) in [4.78, 5) is 0. The van der Waals surface area contributed by atoms with E-state index in [2.05, 4.69) is 33.1 Å². The highest BCUT2D eigenvalue weighted by atomic mass is 32.2. The van der Waals surface area contributed by atoms with Gasteiger partial charge in [0.1, 0.15) is 0 Å². The first kappa shape index (κ1) is 12.4. The normalized spacial score (nSPS) is 13.1. The first-order valence-electron chi connectivity index (χ1n) is 5.88. The lowest BCUT2D eigenvalue weighted by Crippen LogP contribution is -2.23. The molecule has 17 heavy (non-hydrogen) atoms. The molecule has 0 aliphatic rings. The number of fused-ring (bicyclic) bond motifs is 1. The van der Waals surface area contributed by atoms with E-state index >= 15 is 0 Å². The minimum absolute atomic E-state index is 0.282. The molecule has 0 bridgehead atoms. The Morgan fingerprint density at radius 1 is 1.41 bits per heavy atom. The van der Waals surface area contributed by atoms with Crippen LogP contribution in [-0.2, 0) is 0 Å². The summed E-state index contributed by atoms with van der Waals surface area (Å²) in [5.41, 5.74) is 0.912. The molecule has 2 aromatic rings. The molecule has 0 amide bonds. The molecular weight excluding hydrogens is 232 g/mol. The van der Waals surface area contributed by atoms with Crippen LogP contribution in [0.15, 0.2) is 24.4 Å². The van der Waals surface area contributed by atoms with Crippen molar-refractivity contribution in [2.45, 2.75) is 19.4 Å². The second kappa shape index (κ2) is 6.02. The molecule has 2 rings (SSSR count). The summed E-state index contributed by atoms with van der Waals surface area (Å²) in [6.45, 7) is 3.07. The smallest absolute Gasteiger partial charge is 0.160 e. The summed E-state index contributed by atoms with van der Waals surface area (Å²) in [5.74, 6) is 2.14. The fraction of sp³-hybridized carbons (Fsp3) is 0.500. The second-order valence-corrected chi connectivity index (χ2v) is 4.86. The Morgan fingerprint density at radius 2 is 2.29 bits per heavy atom. The zero-order chi connectivity index (χ0) is 12.1. The number of hydrogen-bond donors (Lipinski definition) is 1. The molecule has 0 fully saturated rings. The lowest BCUT2D eigenvalue weighted by atomic mass is 10.2. The Bertz CT molecular complexity index is 468. The van der Waals surface area contributed by atoms with Gasteiger partial charge in [-0.25, -0.2) is 0 Å². The summed E-state index contributed by atoms with van der Waals surface area (Å²) in [6.07, 6.45) is 5.23. The third kappa shape index (κ3) is 2.79. The minimum atomic E-state index is 0.282. The topological polar surface area (TPSA) is 42.2 Å². The van der Waals surface area contributed by atoms with Crippen LogP contribution >= 0.6 is 11.8 Å². The third-order valence-electron chi connectivity index (χ3n) is 2.71. The van der Waals surface area contributed by atoms with Crippen LogP contribution in [0.25, 0.3) is 5.65 Å². The van der Waals surface area contributed by atoms with Crippen molar-refractivity contribution in [1.29, 1.82) is 0 Å². The molecule has 0 radical (unpaired) electrons. The van der Waals surface area contributed by atoms with Crippen LogP contribution in [0, 0.1) is 0 Å². The van der Waals surface area contributed by atoms with E-state index in [0.717, 1.165) is 30.2 Å². The van der Waals surface area contributed by atoms with Gasteiger partial charge in [0.15, 0.2) is 11.5 Å². The fourth-order valence-electron chi connectivity index (χ4n) is 1.90. The van der Waals surface area contributed by atoms with Crippen molar-refractivity contribution < 1.29 is 0 Å². The van der Waals surface area contributed by atoms with E-state index in [4.69, 9.17) is 0 Å². The number of aromatic nitrogens is 3. The third-order valence-corrected chi connectivity index (χ3v) is 3.36. The zero-order valence-electron chi connectivity index (χ0n) is 10.3. The average molecular weight is 250 g/mol. The molecule has 5 heteroatoms. The highest BCUT2D eigenvalue weighted by Crippen LogP contribution is 2.17. The van der Waals surface area contributed by atoms with Gasteiger partial charge >= 0.3 is 0 Å². The molecule has 2 heterocycles. The van der Waals surface area contributed by atoms with Gasteiger partial charge in [0.2, 0.25) is 0 Å². The summed E-state index contributed by atoms with van der Waals surface area (Å²) < 4.78 is 2.06. The van der Waals surface area contributed by atoms with Crippen LogP contribution in [0.4, 0.5) is 0 Å². The molecular formula is C12H18N4S. The van der Waals surface area contributed by atoms with Gasteiger partial charge in [-0.2, -0.15) is 11.8 Å². The molecule has 1 atom stereocenters. The highest BCUT2D eigenvalue weighted by Gasteiger charge is 2.16. The SMILES string of the molecule is CCN[C@H](CCSC)c1nnc2ccccn12. The number of pyridine rings is 1.